The Morgan fingerprint density at radius 1 is 0.397 bits per heavy atom. The van der Waals surface area contributed by atoms with Crippen LogP contribution in [0.2, 0.25) is 0 Å². The number of aromatic hydroxyl groups is 1. The zero-order valence-electron chi connectivity index (χ0n) is 70.1. The molecule has 3 N–H and O–H groups in total. The number of alkyl halides is 5. The SMILES string of the molecule is CCCc1ccc(-c2ccc(-c3cc(F)c(O)c(F)c3)c(C)c2)cc1.CCCc1ccc(-c2ccc(-c3cc(F)c(OC)c(F)c3)c(C)c2)cc1.CCCc1ccc(-c2ccc(-c3cc(F)c(OCC=C(F)F)c(F)c3)c(C)c2)cc1.CCCc1ccc(-c2ccc(OS(=O)(=O)C(F)(F)F)c(C)c2)cc1.COc1c(F)cc(B(O)O)cc1F.FC=C(F)F.FCI. The van der Waals surface area contributed by atoms with Gasteiger partial charge < -0.3 is 33.5 Å². The average Bonchev–Trinajstić information content (AvgIpc) is 0.808. The van der Waals surface area contributed by atoms with E-state index in [0.29, 0.717) is 33.9 Å². The van der Waals surface area contributed by atoms with E-state index in [-0.39, 0.29) is 21.6 Å². The zero-order chi connectivity index (χ0) is 93.3. The number of rotatable bonds is 23. The molecule has 0 bridgehead atoms. The summed E-state index contributed by atoms with van der Waals surface area (Å²) in [6.07, 6.45) is 3.97. The van der Waals surface area contributed by atoms with E-state index in [1.54, 1.807) is 28.7 Å². The lowest BCUT2D eigenvalue weighted by Gasteiger charge is -2.12. The Morgan fingerprint density at radius 2 is 0.659 bits per heavy atom. The first-order valence-electron chi connectivity index (χ1n) is 39.1. The number of ether oxygens (including phenoxy) is 3. The average molecular weight is 1890 g/mol. The summed E-state index contributed by atoms with van der Waals surface area (Å²) in [7, 11) is -5.18. The maximum Gasteiger partial charge on any atom is 0.534 e. The van der Waals surface area contributed by atoms with Crippen molar-refractivity contribution >= 4 is 45.3 Å². The summed E-state index contributed by atoms with van der Waals surface area (Å²) in [5.74, 6) is -9.94. The van der Waals surface area contributed by atoms with Gasteiger partial charge in [-0.1, -0.05) is 211 Å². The normalized spacial score (nSPS) is 10.7. The largest absolute Gasteiger partial charge is 0.534 e. The molecule has 0 aliphatic rings. The van der Waals surface area contributed by atoms with Crippen molar-refractivity contribution < 1.29 is 117 Å². The molecule has 0 radical (unpaired) electrons. The maximum atomic E-state index is 14.3. The molecule has 29 heteroatoms. The summed E-state index contributed by atoms with van der Waals surface area (Å²) < 4.78 is 252. The van der Waals surface area contributed by atoms with Crippen LogP contribution in [0.5, 0.6) is 28.7 Å². The van der Waals surface area contributed by atoms with E-state index in [0.717, 1.165) is 167 Å². The third-order valence-corrected chi connectivity index (χ3v) is 19.8. The van der Waals surface area contributed by atoms with Gasteiger partial charge in [-0.2, -0.15) is 39.2 Å². The Kier molecular flexibility index (Phi) is 41.1. The fourth-order valence-electron chi connectivity index (χ4n) is 12.8. The Balaban J connectivity index is 0.000000241. The monoisotopic (exact) mass is 1890 g/mol. The van der Waals surface area contributed by atoms with Crippen LogP contribution in [0.3, 0.4) is 0 Å². The molecular weight excluding hydrogens is 1800 g/mol. The minimum atomic E-state index is -5.66. The maximum absolute atomic E-state index is 14.3. The van der Waals surface area contributed by atoms with Gasteiger partial charge in [-0.3, -0.25) is 0 Å². The summed E-state index contributed by atoms with van der Waals surface area (Å²) in [4.78, 5) is 0. The van der Waals surface area contributed by atoms with Crippen molar-refractivity contribution in [2.24, 2.45) is 0 Å². The van der Waals surface area contributed by atoms with E-state index in [4.69, 9.17) is 19.5 Å². The minimum Gasteiger partial charge on any atom is -0.503 e. The van der Waals surface area contributed by atoms with Crippen molar-refractivity contribution in [3.8, 4) is 107 Å². The molecule has 668 valence electrons. The standard InChI is InChI=1S/C25H22F4O.C23H22F2O.C22H20F2O.C17H17F3O3S.C7H7BF2O3.C2HF3.CH2FI/c1-3-4-17-5-7-18(8-6-17)19-9-10-21(16(2)13-19)20-14-22(26)25(23(27)15-20)30-12-11-24(28)29;1-4-5-16-6-8-17(9-7-16)18-10-11-20(15(2)12-18)19-13-21(24)23(26-3)22(25)14-19;1-3-4-15-5-7-16(8-6-15)17-9-10-19(14(2)11-17)18-12-20(23)22(25)21(24)13-18;1-3-4-13-5-7-14(8-6-13)15-9-10-16(12(2)11-15)23-24(21,22)17(18,19)20;1-13-7-5(9)2-4(8(11)12)3-6(7)10;3-1-2(4)5;2-1-3/h5-11,13-15H,3-4,12H2,1-2H3;6-14H,4-5H2,1-3H3;5-13,25H,3-4H2,1-2H3;5-11H,3-4H2,1-2H3;2-3,11-12H,1H3;1H;1H2. The van der Waals surface area contributed by atoms with Gasteiger partial charge >= 0.3 is 22.7 Å². The van der Waals surface area contributed by atoms with Gasteiger partial charge in [0, 0.05) is 6.08 Å². The molecule has 0 amide bonds. The second-order valence-corrected chi connectivity index (χ2v) is 30.2. The molecule has 9 nitrogen and oxygen atoms in total. The van der Waals surface area contributed by atoms with Crippen LogP contribution in [-0.4, -0.2) is 61.7 Å². The van der Waals surface area contributed by atoms with Crippen molar-refractivity contribution in [2.45, 2.75) is 112 Å². The van der Waals surface area contributed by atoms with E-state index in [2.05, 4.69) is 109 Å². The molecule has 0 aliphatic heterocycles. The summed E-state index contributed by atoms with van der Waals surface area (Å²) >= 11 is 1.62. The first kappa shape index (κ1) is 103. The van der Waals surface area contributed by atoms with Crippen molar-refractivity contribution in [1.29, 1.82) is 0 Å². The van der Waals surface area contributed by atoms with Gasteiger partial charge in [-0.05, 0) is 264 Å². The molecule has 0 saturated carbocycles. The highest BCUT2D eigenvalue weighted by Gasteiger charge is 2.48. The third-order valence-electron chi connectivity index (χ3n) is 18.9. The Bertz CT molecular complexity index is 5640. The number of halogens is 18. The van der Waals surface area contributed by atoms with E-state index in [1.807, 2.05) is 99.6 Å². The fraction of sp³-hybridized carbons (Fsp3) is 0.216. The number of phenolic OH excluding ortho intramolecular Hbond substituents is 1. The molecule has 0 saturated heterocycles. The predicted molar refractivity (Wildman–Crippen MR) is 472 cm³/mol. The van der Waals surface area contributed by atoms with Crippen molar-refractivity contribution in [2.75, 3.05) is 25.5 Å². The van der Waals surface area contributed by atoms with Crippen LogP contribution < -0.4 is 23.9 Å². The molecule has 12 rings (SSSR count). The summed E-state index contributed by atoms with van der Waals surface area (Å²) in [5, 5.41) is 26.5. The third kappa shape index (κ3) is 30.4. The highest BCUT2D eigenvalue weighted by molar-refractivity contribution is 14.1. The number of benzene rings is 12. The predicted octanol–water partition coefficient (Wildman–Crippen LogP) is 28.1. The Morgan fingerprint density at radius 3 is 0.905 bits per heavy atom. The first-order chi connectivity index (χ1) is 59.8. The summed E-state index contributed by atoms with van der Waals surface area (Å²) in [5.41, 5.74) is 14.1. The number of aryl methyl sites for hydroxylation is 8. The number of hydrogen-bond donors (Lipinski definition) is 3. The fourth-order valence-corrected chi connectivity index (χ4v) is 13.3. The Labute approximate surface area is 735 Å². The molecule has 0 heterocycles. The van der Waals surface area contributed by atoms with E-state index in [9.17, 15) is 88.2 Å². The van der Waals surface area contributed by atoms with Gasteiger partial charge in [0.1, 0.15) is 17.0 Å². The highest BCUT2D eigenvalue weighted by atomic mass is 127. The second-order valence-electron chi connectivity index (χ2n) is 28.1. The van der Waals surface area contributed by atoms with E-state index in [1.165, 1.54) is 60.6 Å². The number of phenols is 1. The summed E-state index contributed by atoms with van der Waals surface area (Å²) in [6.45, 7) is 15.2. The zero-order valence-corrected chi connectivity index (χ0v) is 73.1. The summed E-state index contributed by atoms with van der Waals surface area (Å²) in [6, 6.07) is 63.8. The molecule has 0 aromatic heterocycles. The van der Waals surface area contributed by atoms with Gasteiger partial charge in [0.2, 0.25) is 0 Å². The highest BCUT2D eigenvalue weighted by Crippen LogP contribution is 2.39. The number of methoxy groups -OCH3 is 2. The molecule has 126 heavy (non-hydrogen) atoms. The molecule has 0 unspecified atom stereocenters. The minimum absolute atomic E-state index is 0.254. The van der Waals surface area contributed by atoms with E-state index >= 15 is 0 Å². The van der Waals surface area contributed by atoms with Gasteiger partial charge in [0.25, 0.3) is 12.2 Å². The lowest BCUT2D eigenvalue weighted by atomic mass is 9.80. The Hall–Kier alpha value is -11.4. The van der Waals surface area contributed by atoms with Crippen molar-refractivity contribution in [1.82, 2.24) is 0 Å². The first-order valence-corrected chi connectivity index (χ1v) is 42.0. The van der Waals surface area contributed by atoms with Gasteiger partial charge in [-0.25, -0.2) is 43.9 Å². The smallest absolute Gasteiger partial charge is 0.503 e. The molecule has 0 spiro atoms. The van der Waals surface area contributed by atoms with Crippen LogP contribution >= 0.6 is 22.6 Å². The van der Waals surface area contributed by atoms with Crippen LogP contribution in [-0.2, 0) is 35.8 Å². The second kappa shape index (κ2) is 50.1. The van der Waals surface area contributed by atoms with Gasteiger partial charge in [-0.15, -0.1) is 0 Å². The van der Waals surface area contributed by atoms with Crippen LogP contribution in [0.15, 0.2) is 243 Å². The molecule has 0 aliphatic carbocycles. The molecule has 0 atom stereocenters. The van der Waals surface area contributed by atoms with Crippen LogP contribution in [0.1, 0.15) is 97.9 Å². The van der Waals surface area contributed by atoms with Crippen molar-refractivity contribution in [3.63, 3.8) is 0 Å². The lowest BCUT2D eigenvalue weighted by molar-refractivity contribution is -0.0500. The number of hydrogen-bond acceptors (Lipinski definition) is 9. The van der Waals surface area contributed by atoms with Gasteiger partial charge in [0.15, 0.2) is 75.9 Å². The van der Waals surface area contributed by atoms with E-state index < -0.39 is 112 Å². The quantitative estimate of drug-likeness (QED) is 0.0143. The van der Waals surface area contributed by atoms with Crippen LogP contribution in [0, 0.1) is 74.2 Å². The molecule has 12 aromatic carbocycles. The van der Waals surface area contributed by atoms with Crippen molar-refractivity contribution in [3.05, 3.63) is 334 Å². The van der Waals surface area contributed by atoms with Gasteiger partial charge in [0.05, 0.1) is 14.2 Å². The topological polar surface area (TPSA) is 132 Å². The molecule has 12 aromatic rings. The van der Waals surface area contributed by atoms with Crippen LogP contribution in [0.25, 0.3) is 77.9 Å². The van der Waals surface area contributed by atoms with Crippen LogP contribution in [0.4, 0.5) is 74.6 Å². The molecular formula is C97H91BF17IO9S. The lowest BCUT2D eigenvalue weighted by Crippen LogP contribution is -2.30. The molecule has 0 fully saturated rings.